The number of halogens is 1. The van der Waals surface area contributed by atoms with Crippen LogP contribution >= 0.6 is 11.8 Å². The molecule has 0 N–H and O–H groups in total. The molecule has 0 radical (unpaired) electrons. The van der Waals surface area contributed by atoms with E-state index in [9.17, 15) is 9.18 Å². The van der Waals surface area contributed by atoms with Gasteiger partial charge in [0, 0.05) is 23.4 Å². The van der Waals surface area contributed by atoms with Crippen LogP contribution in [-0.4, -0.2) is 44.3 Å². The van der Waals surface area contributed by atoms with Crippen molar-refractivity contribution in [3.63, 3.8) is 0 Å². The molecule has 0 aliphatic rings. The molecule has 3 rings (SSSR count). The Morgan fingerprint density at radius 3 is 2.68 bits per heavy atom. The molecule has 0 unspecified atom stereocenters. The lowest BCUT2D eigenvalue weighted by atomic mass is 10.0. The zero-order valence-corrected chi connectivity index (χ0v) is 14.5. The minimum absolute atomic E-state index is 0.0189. The fraction of sp³-hybridized carbons (Fsp3) is 0.188. The molecule has 0 amide bonds. The molecule has 3 aromatic rings. The molecular formula is C16H14FN5O2S. The highest BCUT2D eigenvalue weighted by Gasteiger charge is 2.20. The fourth-order valence-electron chi connectivity index (χ4n) is 2.31. The number of methoxy groups -OCH3 is 1. The van der Waals surface area contributed by atoms with Crippen LogP contribution in [0.25, 0.3) is 16.8 Å². The van der Waals surface area contributed by atoms with Gasteiger partial charge in [-0.15, -0.1) is 5.10 Å². The van der Waals surface area contributed by atoms with Crippen LogP contribution in [-0.2, 0) is 4.74 Å². The predicted octanol–water partition coefficient (Wildman–Crippen LogP) is 2.68. The van der Waals surface area contributed by atoms with Gasteiger partial charge in [-0.05, 0) is 25.3 Å². The highest BCUT2D eigenvalue weighted by atomic mass is 32.2. The maximum atomic E-state index is 14.7. The number of carbonyl (C=O) groups is 1. The van der Waals surface area contributed by atoms with E-state index in [0.29, 0.717) is 10.8 Å². The summed E-state index contributed by atoms with van der Waals surface area (Å²) in [7, 11) is 1.25. The van der Waals surface area contributed by atoms with Gasteiger partial charge in [-0.3, -0.25) is 0 Å². The molecule has 0 bridgehead atoms. The van der Waals surface area contributed by atoms with Gasteiger partial charge in [0.25, 0.3) is 0 Å². The van der Waals surface area contributed by atoms with Gasteiger partial charge in [0.2, 0.25) is 0 Å². The number of nitrogens with zero attached hydrogens (tertiary/aromatic N) is 5. The maximum Gasteiger partial charge on any atom is 0.357 e. The van der Waals surface area contributed by atoms with E-state index in [0.717, 1.165) is 5.69 Å². The van der Waals surface area contributed by atoms with E-state index in [4.69, 9.17) is 4.74 Å². The highest BCUT2D eigenvalue weighted by Crippen LogP contribution is 2.28. The van der Waals surface area contributed by atoms with E-state index in [2.05, 4.69) is 20.3 Å². The van der Waals surface area contributed by atoms with Gasteiger partial charge < -0.3 is 4.74 Å². The Kier molecular flexibility index (Phi) is 4.75. The third kappa shape index (κ3) is 3.22. The summed E-state index contributed by atoms with van der Waals surface area (Å²) >= 11 is 1.28. The van der Waals surface area contributed by atoms with Gasteiger partial charge in [-0.25, -0.2) is 23.8 Å². The minimum atomic E-state index is -0.650. The van der Waals surface area contributed by atoms with Crippen LogP contribution in [0.4, 0.5) is 4.39 Å². The Bertz CT molecular complexity index is 944. The predicted molar refractivity (Wildman–Crippen MR) is 90.2 cm³/mol. The first kappa shape index (κ1) is 17.0. The molecular weight excluding hydrogens is 345 g/mol. The van der Waals surface area contributed by atoms with Crippen molar-refractivity contribution >= 4 is 17.7 Å². The third-order valence-corrected chi connectivity index (χ3v) is 4.10. The summed E-state index contributed by atoms with van der Waals surface area (Å²) in [6.07, 6.45) is 4.78. The van der Waals surface area contributed by atoms with Crippen LogP contribution in [0, 0.1) is 12.7 Å². The molecule has 0 aliphatic heterocycles. The first-order valence-corrected chi connectivity index (χ1v) is 8.44. The van der Waals surface area contributed by atoms with Gasteiger partial charge in [-0.2, -0.15) is 0 Å². The zero-order chi connectivity index (χ0) is 18.0. The van der Waals surface area contributed by atoms with Crippen molar-refractivity contribution in [2.75, 3.05) is 13.4 Å². The Balaban J connectivity index is 2.11. The number of aryl methyl sites for hydroxylation is 1. The van der Waals surface area contributed by atoms with Crippen molar-refractivity contribution in [2.24, 2.45) is 0 Å². The summed E-state index contributed by atoms with van der Waals surface area (Å²) in [5.74, 6) is -1.18. The van der Waals surface area contributed by atoms with Crippen LogP contribution < -0.4 is 0 Å². The number of carbonyl (C=O) groups excluding carboxylic acids is 1. The first-order valence-electron chi connectivity index (χ1n) is 7.22. The zero-order valence-electron chi connectivity index (χ0n) is 13.7. The van der Waals surface area contributed by atoms with Crippen LogP contribution in [0.3, 0.4) is 0 Å². The van der Waals surface area contributed by atoms with Gasteiger partial charge in [0.15, 0.2) is 10.9 Å². The Labute approximate surface area is 147 Å². The number of aromatic nitrogens is 5. The number of hydrogen-bond acceptors (Lipinski definition) is 7. The Morgan fingerprint density at radius 1 is 1.28 bits per heavy atom. The Morgan fingerprint density at radius 2 is 2.08 bits per heavy atom. The number of thioether (sulfide) groups is 1. The lowest BCUT2D eigenvalue weighted by molar-refractivity contribution is 0.0594. The van der Waals surface area contributed by atoms with E-state index < -0.39 is 11.8 Å². The summed E-state index contributed by atoms with van der Waals surface area (Å²) in [6, 6.07) is 4.56. The molecule has 0 atom stereocenters. The fourth-order valence-corrected chi connectivity index (χ4v) is 2.65. The lowest BCUT2D eigenvalue weighted by Gasteiger charge is -2.10. The smallest absolute Gasteiger partial charge is 0.357 e. The number of hydrogen-bond donors (Lipinski definition) is 0. The van der Waals surface area contributed by atoms with Crippen molar-refractivity contribution in [1.29, 1.82) is 0 Å². The molecule has 0 spiro atoms. The van der Waals surface area contributed by atoms with Crippen molar-refractivity contribution < 1.29 is 13.9 Å². The van der Waals surface area contributed by atoms with Gasteiger partial charge in [0.1, 0.15) is 5.82 Å². The summed E-state index contributed by atoms with van der Waals surface area (Å²) in [5.41, 5.74) is 1.79. The topological polar surface area (TPSA) is 82.8 Å². The number of esters is 1. The second kappa shape index (κ2) is 6.98. The standard InChI is InChI=1S/C16H14FN5O2S/c1-9-7-19-21-22(9)10-4-5-11(13(17)6-10)12-8-18-16(25-3)20-14(12)15(23)24-2/h4-8H,1-3H3. The number of ether oxygens (including phenoxy) is 1. The molecule has 25 heavy (non-hydrogen) atoms. The van der Waals surface area contributed by atoms with Crippen LogP contribution in [0.15, 0.2) is 35.7 Å². The van der Waals surface area contributed by atoms with E-state index in [1.807, 2.05) is 6.92 Å². The van der Waals surface area contributed by atoms with Crippen molar-refractivity contribution in [1.82, 2.24) is 25.0 Å². The molecule has 2 aromatic heterocycles. The quantitative estimate of drug-likeness (QED) is 0.402. The lowest BCUT2D eigenvalue weighted by Crippen LogP contribution is -2.09. The van der Waals surface area contributed by atoms with Crippen LogP contribution in [0.5, 0.6) is 0 Å². The van der Waals surface area contributed by atoms with Crippen molar-refractivity contribution in [3.05, 3.63) is 47.8 Å². The first-order chi connectivity index (χ1) is 12.0. The molecule has 128 valence electrons. The molecule has 9 heteroatoms. The highest BCUT2D eigenvalue weighted by molar-refractivity contribution is 7.98. The summed E-state index contributed by atoms with van der Waals surface area (Å²) in [5, 5.41) is 8.09. The van der Waals surface area contributed by atoms with E-state index >= 15 is 0 Å². The normalized spacial score (nSPS) is 10.7. The second-order valence-corrected chi connectivity index (χ2v) is 5.84. The molecule has 0 aliphatic carbocycles. The van der Waals surface area contributed by atoms with Crippen molar-refractivity contribution in [2.45, 2.75) is 12.1 Å². The SMILES string of the molecule is COC(=O)c1nc(SC)ncc1-c1ccc(-n2nncc2C)cc1F. The van der Waals surface area contributed by atoms with Gasteiger partial charge in [-0.1, -0.05) is 17.0 Å². The third-order valence-electron chi connectivity index (χ3n) is 3.54. The molecule has 2 heterocycles. The average Bonchev–Trinajstić information content (AvgIpc) is 3.06. The van der Waals surface area contributed by atoms with Gasteiger partial charge >= 0.3 is 5.97 Å². The second-order valence-electron chi connectivity index (χ2n) is 5.06. The number of benzene rings is 1. The largest absolute Gasteiger partial charge is 0.464 e. The van der Waals surface area contributed by atoms with Crippen LogP contribution in [0.1, 0.15) is 16.2 Å². The minimum Gasteiger partial charge on any atom is -0.464 e. The van der Waals surface area contributed by atoms with E-state index in [1.165, 1.54) is 35.8 Å². The van der Waals surface area contributed by atoms with E-state index in [-0.39, 0.29) is 16.8 Å². The van der Waals surface area contributed by atoms with Crippen LogP contribution in [0.2, 0.25) is 0 Å². The molecule has 0 saturated carbocycles. The van der Waals surface area contributed by atoms with Gasteiger partial charge in [0.05, 0.1) is 24.7 Å². The average molecular weight is 359 g/mol. The summed E-state index contributed by atoms with van der Waals surface area (Å²) in [6.45, 7) is 1.82. The molecule has 0 fully saturated rings. The monoisotopic (exact) mass is 359 g/mol. The molecule has 1 aromatic carbocycles. The summed E-state index contributed by atoms with van der Waals surface area (Å²) < 4.78 is 21.0. The van der Waals surface area contributed by atoms with E-state index in [1.54, 1.807) is 24.6 Å². The molecule has 7 nitrogen and oxygen atoms in total. The maximum absolute atomic E-state index is 14.7. The summed E-state index contributed by atoms with van der Waals surface area (Å²) in [4.78, 5) is 20.3. The Hall–Kier alpha value is -2.81. The number of rotatable bonds is 4. The van der Waals surface area contributed by atoms with Crippen molar-refractivity contribution in [3.8, 4) is 16.8 Å². The molecule has 0 saturated heterocycles.